The SMILES string of the molecule is Cc1cc(C)n(CC(C)NC(=O)c2noc(C)c2COc2ccccc2Cl)n1. The van der Waals surface area contributed by atoms with Gasteiger partial charge in [-0.3, -0.25) is 9.48 Å². The lowest BCUT2D eigenvalue weighted by molar-refractivity contribution is 0.0924. The van der Waals surface area contributed by atoms with Crippen molar-refractivity contribution < 1.29 is 14.1 Å². The maximum absolute atomic E-state index is 12.7. The van der Waals surface area contributed by atoms with Crippen molar-refractivity contribution in [2.24, 2.45) is 0 Å². The maximum Gasteiger partial charge on any atom is 0.274 e. The highest BCUT2D eigenvalue weighted by atomic mass is 35.5. The second-order valence-corrected chi connectivity index (χ2v) is 7.18. The predicted octanol–water partition coefficient (Wildman–Crippen LogP) is 3.85. The number of benzene rings is 1. The van der Waals surface area contributed by atoms with Gasteiger partial charge in [-0.25, -0.2) is 0 Å². The van der Waals surface area contributed by atoms with Crippen LogP contribution in [0.25, 0.3) is 0 Å². The van der Waals surface area contributed by atoms with Crippen LogP contribution in [-0.4, -0.2) is 26.9 Å². The minimum Gasteiger partial charge on any atom is -0.487 e. The summed E-state index contributed by atoms with van der Waals surface area (Å²) in [5, 5.41) is 11.8. The topological polar surface area (TPSA) is 82.2 Å². The molecule has 0 radical (unpaired) electrons. The molecular formula is C20H23ClN4O3. The Labute approximate surface area is 168 Å². The molecule has 8 heteroatoms. The molecule has 0 aliphatic rings. The van der Waals surface area contributed by atoms with E-state index in [9.17, 15) is 4.79 Å². The second kappa shape index (κ2) is 8.48. The molecule has 0 bridgehead atoms. The minimum atomic E-state index is -0.316. The Morgan fingerprint density at radius 3 is 2.75 bits per heavy atom. The number of para-hydroxylation sites is 1. The maximum atomic E-state index is 12.7. The van der Waals surface area contributed by atoms with E-state index in [1.54, 1.807) is 19.1 Å². The molecule has 2 heterocycles. The van der Waals surface area contributed by atoms with Crippen molar-refractivity contribution in [3.05, 3.63) is 63.8 Å². The predicted molar refractivity (Wildman–Crippen MR) is 106 cm³/mol. The monoisotopic (exact) mass is 402 g/mol. The lowest BCUT2D eigenvalue weighted by Crippen LogP contribution is -2.36. The number of carbonyl (C=O) groups excluding carboxylic acids is 1. The van der Waals surface area contributed by atoms with Gasteiger partial charge in [0.05, 0.1) is 22.8 Å². The third-order valence-corrected chi connectivity index (χ3v) is 4.65. The first kappa shape index (κ1) is 19.9. The van der Waals surface area contributed by atoms with Crippen LogP contribution < -0.4 is 10.1 Å². The van der Waals surface area contributed by atoms with Crippen molar-refractivity contribution in [2.45, 2.75) is 46.9 Å². The van der Waals surface area contributed by atoms with Crippen molar-refractivity contribution >= 4 is 17.5 Å². The summed E-state index contributed by atoms with van der Waals surface area (Å²) in [5.41, 5.74) is 2.80. The summed E-state index contributed by atoms with van der Waals surface area (Å²) >= 11 is 6.12. The Hall–Kier alpha value is -2.80. The van der Waals surface area contributed by atoms with E-state index in [0.717, 1.165) is 11.4 Å². The van der Waals surface area contributed by atoms with Gasteiger partial charge >= 0.3 is 0 Å². The van der Waals surface area contributed by atoms with Gasteiger partial charge in [0, 0.05) is 11.7 Å². The van der Waals surface area contributed by atoms with Crippen LogP contribution in [0.3, 0.4) is 0 Å². The third-order valence-electron chi connectivity index (χ3n) is 4.34. The van der Waals surface area contributed by atoms with Crippen LogP contribution in [0.1, 0.15) is 40.1 Å². The number of carbonyl (C=O) groups is 1. The molecule has 3 rings (SSSR count). The molecular weight excluding hydrogens is 380 g/mol. The van der Waals surface area contributed by atoms with Gasteiger partial charge in [0.2, 0.25) is 0 Å². The second-order valence-electron chi connectivity index (χ2n) is 6.77. The van der Waals surface area contributed by atoms with E-state index in [2.05, 4.69) is 15.6 Å². The van der Waals surface area contributed by atoms with E-state index in [1.807, 2.05) is 43.7 Å². The zero-order valence-electron chi connectivity index (χ0n) is 16.3. The zero-order chi connectivity index (χ0) is 20.3. The number of aromatic nitrogens is 3. The summed E-state index contributed by atoms with van der Waals surface area (Å²) in [5.74, 6) is 0.751. The lowest BCUT2D eigenvalue weighted by atomic mass is 10.2. The van der Waals surface area contributed by atoms with Crippen LogP contribution in [0.2, 0.25) is 5.02 Å². The molecule has 7 nitrogen and oxygen atoms in total. The van der Waals surface area contributed by atoms with Crippen molar-refractivity contribution in [1.82, 2.24) is 20.3 Å². The van der Waals surface area contributed by atoms with E-state index < -0.39 is 0 Å². The lowest BCUT2D eigenvalue weighted by Gasteiger charge is -2.15. The zero-order valence-corrected chi connectivity index (χ0v) is 17.1. The van der Waals surface area contributed by atoms with Gasteiger partial charge in [-0.15, -0.1) is 0 Å². The van der Waals surface area contributed by atoms with Gasteiger partial charge in [-0.1, -0.05) is 28.9 Å². The van der Waals surface area contributed by atoms with Crippen LogP contribution >= 0.6 is 11.6 Å². The summed E-state index contributed by atoms with van der Waals surface area (Å²) < 4.78 is 12.8. The number of nitrogens with zero attached hydrogens (tertiary/aromatic N) is 3. The summed E-state index contributed by atoms with van der Waals surface area (Å²) in [6.45, 7) is 8.28. The quantitative estimate of drug-likeness (QED) is 0.649. The first-order valence-corrected chi connectivity index (χ1v) is 9.37. The Balaban J connectivity index is 1.67. The molecule has 3 aromatic rings. The normalized spacial score (nSPS) is 12.0. The molecule has 1 atom stereocenters. The molecule has 1 aromatic carbocycles. The smallest absolute Gasteiger partial charge is 0.274 e. The number of halogens is 1. The number of aryl methyl sites for hydroxylation is 3. The number of hydrogen-bond donors (Lipinski definition) is 1. The Kier molecular flexibility index (Phi) is 6.04. The number of nitrogens with one attached hydrogen (secondary N) is 1. The molecule has 148 valence electrons. The van der Waals surface area contributed by atoms with Crippen molar-refractivity contribution in [3.8, 4) is 5.75 Å². The van der Waals surface area contributed by atoms with Gasteiger partial charge in [0.15, 0.2) is 5.69 Å². The largest absolute Gasteiger partial charge is 0.487 e. The first-order chi connectivity index (χ1) is 13.3. The highest BCUT2D eigenvalue weighted by molar-refractivity contribution is 6.32. The number of rotatable bonds is 7. The third kappa shape index (κ3) is 4.54. The highest BCUT2D eigenvalue weighted by Crippen LogP contribution is 2.25. The molecule has 1 unspecified atom stereocenters. The molecule has 1 N–H and O–H groups in total. The van der Waals surface area contributed by atoms with Gasteiger partial charge in [0.1, 0.15) is 18.1 Å². The molecule has 1 amide bonds. The summed E-state index contributed by atoms with van der Waals surface area (Å²) in [7, 11) is 0. The van der Waals surface area contributed by atoms with Crippen LogP contribution in [-0.2, 0) is 13.2 Å². The Bertz CT molecular complexity index is 980. The molecule has 0 aliphatic heterocycles. The van der Waals surface area contributed by atoms with Crippen LogP contribution in [0.5, 0.6) is 5.75 Å². The summed E-state index contributed by atoms with van der Waals surface area (Å²) in [6, 6.07) is 9.02. The van der Waals surface area contributed by atoms with E-state index >= 15 is 0 Å². The number of hydrogen-bond acceptors (Lipinski definition) is 5. The van der Waals surface area contributed by atoms with Crippen molar-refractivity contribution in [2.75, 3.05) is 0 Å². The van der Waals surface area contributed by atoms with E-state index in [4.69, 9.17) is 20.9 Å². The molecule has 0 saturated carbocycles. The van der Waals surface area contributed by atoms with Crippen LogP contribution in [0.15, 0.2) is 34.9 Å². The number of amides is 1. The molecule has 0 aliphatic carbocycles. The van der Waals surface area contributed by atoms with Crippen LogP contribution in [0.4, 0.5) is 0 Å². The van der Waals surface area contributed by atoms with Gasteiger partial charge < -0.3 is 14.6 Å². The summed E-state index contributed by atoms with van der Waals surface area (Å²) in [4.78, 5) is 12.7. The van der Waals surface area contributed by atoms with Gasteiger partial charge in [0.25, 0.3) is 5.91 Å². The fourth-order valence-electron chi connectivity index (χ4n) is 2.91. The van der Waals surface area contributed by atoms with E-state index in [0.29, 0.717) is 28.6 Å². The first-order valence-electron chi connectivity index (χ1n) is 8.99. The fraction of sp³-hybridized carbons (Fsp3) is 0.350. The molecule has 0 spiro atoms. The van der Waals surface area contributed by atoms with E-state index in [1.165, 1.54) is 0 Å². The van der Waals surface area contributed by atoms with Gasteiger partial charge in [-0.2, -0.15) is 5.10 Å². The van der Waals surface area contributed by atoms with Gasteiger partial charge in [-0.05, 0) is 45.9 Å². The molecule has 28 heavy (non-hydrogen) atoms. The molecule has 0 saturated heterocycles. The highest BCUT2D eigenvalue weighted by Gasteiger charge is 2.22. The van der Waals surface area contributed by atoms with Crippen molar-refractivity contribution in [1.29, 1.82) is 0 Å². The average Bonchev–Trinajstić information content (AvgIpc) is 3.15. The standard InChI is InChI=1S/C20H23ClN4O3/c1-12-9-14(3)25(23-12)10-13(2)22-20(26)19-16(15(4)28-24-19)11-27-18-8-6-5-7-17(18)21/h5-9,13H,10-11H2,1-4H3,(H,22,26). The molecule has 0 fully saturated rings. The average molecular weight is 403 g/mol. The van der Waals surface area contributed by atoms with Crippen LogP contribution in [0, 0.1) is 20.8 Å². The Morgan fingerprint density at radius 2 is 2.07 bits per heavy atom. The van der Waals surface area contributed by atoms with Crippen molar-refractivity contribution in [3.63, 3.8) is 0 Å². The molecule has 2 aromatic heterocycles. The Morgan fingerprint density at radius 1 is 1.32 bits per heavy atom. The van der Waals surface area contributed by atoms with E-state index in [-0.39, 0.29) is 24.2 Å². The summed E-state index contributed by atoms with van der Waals surface area (Å²) in [6.07, 6.45) is 0. The minimum absolute atomic E-state index is 0.133. The number of ether oxygens (including phenoxy) is 1. The fourth-order valence-corrected chi connectivity index (χ4v) is 3.10.